The van der Waals surface area contributed by atoms with E-state index in [2.05, 4.69) is 58.3 Å². The van der Waals surface area contributed by atoms with E-state index < -0.39 is 0 Å². The molecule has 0 saturated heterocycles. The van der Waals surface area contributed by atoms with Crippen molar-refractivity contribution in [3.8, 4) is 0 Å². The maximum absolute atomic E-state index is 11.7. The molecule has 27 heavy (non-hydrogen) atoms. The van der Waals surface area contributed by atoms with Gasteiger partial charge >= 0.3 is 5.97 Å². The van der Waals surface area contributed by atoms with Gasteiger partial charge in [0.2, 0.25) is 0 Å². The molecule has 0 unspecified atom stereocenters. The molecule has 0 radical (unpaired) electrons. The molecule has 1 aromatic heterocycles. The van der Waals surface area contributed by atoms with Crippen molar-refractivity contribution in [2.24, 2.45) is 0 Å². The zero-order valence-electron chi connectivity index (χ0n) is 17.3. The highest BCUT2D eigenvalue weighted by Gasteiger charge is 2.39. The molecule has 0 fully saturated rings. The predicted molar refractivity (Wildman–Crippen MR) is 110 cm³/mol. The average molecular weight is 364 g/mol. The highest BCUT2D eigenvalue weighted by molar-refractivity contribution is 5.89. The van der Waals surface area contributed by atoms with Crippen LogP contribution in [0.25, 0.3) is 5.57 Å². The zero-order valence-corrected chi connectivity index (χ0v) is 17.3. The van der Waals surface area contributed by atoms with E-state index in [1.54, 1.807) is 12.3 Å². The maximum Gasteiger partial charge on any atom is 0.339 e. The van der Waals surface area contributed by atoms with Gasteiger partial charge in [0, 0.05) is 11.8 Å². The van der Waals surface area contributed by atoms with Crippen molar-refractivity contribution in [1.29, 1.82) is 0 Å². The number of aryl methyl sites for hydroxylation is 1. The van der Waals surface area contributed by atoms with E-state index in [-0.39, 0.29) is 16.8 Å². The third kappa shape index (κ3) is 3.43. The SMILES string of the molecule is C=C(c1ccc(C(=O)OC)cn1)c1cc(C)cc2c1C(C)(C)CCC2(C)C. The number of carbonyl (C=O) groups is 1. The van der Waals surface area contributed by atoms with Crippen molar-refractivity contribution in [2.75, 3.05) is 7.11 Å². The van der Waals surface area contributed by atoms with Crippen LogP contribution in [0.15, 0.2) is 37.0 Å². The highest BCUT2D eigenvalue weighted by Crippen LogP contribution is 2.49. The van der Waals surface area contributed by atoms with Gasteiger partial charge in [-0.05, 0) is 59.4 Å². The van der Waals surface area contributed by atoms with E-state index in [4.69, 9.17) is 4.74 Å². The van der Waals surface area contributed by atoms with Crippen molar-refractivity contribution in [3.63, 3.8) is 0 Å². The summed E-state index contributed by atoms with van der Waals surface area (Å²) in [5, 5.41) is 0. The molecule has 3 heteroatoms. The third-order valence-corrected chi connectivity index (χ3v) is 5.88. The Morgan fingerprint density at radius 3 is 2.37 bits per heavy atom. The molecule has 1 heterocycles. The van der Waals surface area contributed by atoms with Crippen LogP contribution in [0, 0.1) is 6.92 Å². The highest BCUT2D eigenvalue weighted by atomic mass is 16.5. The Morgan fingerprint density at radius 1 is 1.11 bits per heavy atom. The van der Waals surface area contributed by atoms with Crippen LogP contribution >= 0.6 is 0 Å². The molecule has 0 bridgehead atoms. The van der Waals surface area contributed by atoms with E-state index in [0.29, 0.717) is 5.56 Å². The van der Waals surface area contributed by atoms with Crippen LogP contribution in [0.2, 0.25) is 0 Å². The molecule has 2 aromatic rings. The number of nitrogens with zero attached hydrogens (tertiary/aromatic N) is 1. The number of esters is 1. The second kappa shape index (κ2) is 6.63. The lowest BCUT2D eigenvalue weighted by Crippen LogP contribution is -2.35. The predicted octanol–water partition coefficient (Wildman–Crippen LogP) is 5.59. The fourth-order valence-corrected chi connectivity index (χ4v) is 4.12. The van der Waals surface area contributed by atoms with Crippen LogP contribution in [0.5, 0.6) is 0 Å². The second-order valence-electron chi connectivity index (χ2n) is 8.91. The van der Waals surface area contributed by atoms with E-state index in [0.717, 1.165) is 17.7 Å². The summed E-state index contributed by atoms with van der Waals surface area (Å²) in [7, 11) is 1.37. The normalized spacial score (nSPS) is 17.1. The molecule has 0 aliphatic heterocycles. The number of aromatic nitrogens is 1. The topological polar surface area (TPSA) is 39.2 Å². The summed E-state index contributed by atoms with van der Waals surface area (Å²) in [6.07, 6.45) is 3.88. The summed E-state index contributed by atoms with van der Waals surface area (Å²) in [5.74, 6) is -0.379. The van der Waals surface area contributed by atoms with Crippen molar-refractivity contribution in [2.45, 2.75) is 58.3 Å². The molecule has 3 rings (SSSR count). The number of carbonyl (C=O) groups excluding carboxylic acids is 1. The van der Waals surface area contributed by atoms with Crippen LogP contribution in [0.4, 0.5) is 0 Å². The number of hydrogen-bond donors (Lipinski definition) is 0. The van der Waals surface area contributed by atoms with Crippen molar-refractivity contribution >= 4 is 11.5 Å². The quantitative estimate of drug-likeness (QED) is 0.668. The Kier molecular flexibility index (Phi) is 4.75. The van der Waals surface area contributed by atoms with Gasteiger partial charge in [-0.3, -0.25) is 4.98 Å². The number of benzene rings is 1. The minimum Gasteiger partial charge on any atom is -0.465 e. The fraction of sp³-hybridized carbons (Fsp3) is 0.417. The number of fused-ring (bicyclic) bond motifs is 1. The number of hydrogen-bond acceptors (Lipinski definition) is 3. The van der Waals surface area contributed by atoms with Gasteiger partial charge in [-0.15, -0.1) is 0 Å². The van der Waals surface area contributed by atoms with Gasteiger partial charge in [-0.25, -0.2) is 4.79 Å². The number of ether oxygens (including phenoxy) is 1. The Labute approximate surface area is 162 Å². The van der Waals surface area contributed by atoms with Crippen LogP contribution in [0.1, 0.15) is 78.8 Å². The molecule has 0 amide bonds. The van der Waals surface area contributed by atoms with E-state index in [9.17, 15) is 4.79 Å². The summed E-state index contributed by atoms with van der Waals surface area (Å²) in [6, 6.07) is 8.15. The van der Waals surface area contributed by atoms with Gasteiger partial charge in [0.25, 0.3) is 0 Å². The molecule has 142 valence electrons. The largest absolute Gasteiger partial charge is 0.465 e. The molecule has 3 nitrogen and oxygen atoms in total. The van der Waals surface area contributed by atoms with Gasteiger partial charge < -0.3 is 4.74 Å². The lowest BCUT2D eigenvalue weighted by atomic mass is 9.61. The second-order valence-corrected chi connectivity index (χ2v) is 8.91. The number of methoxy groups -OCH3 is 1. The smallest absolute Gasteiger partial charge is 0.339 e. The van der Waals surface area contributed by atoms with Crippen molar-refractivity contribution < 1.29 is 9.53 Å². The lowest BCUT2D eigenvalue weighted by Gasteiger charge is -2.43. The summed E-state index contributed by atoms with van der Waals surface area (Å²) in [5.41, 5.74) is 7.57. The molecule has 1 aliphatic rings. The number of pyridine rings is 1. The molecule has 0 spiro atoms. The van der Waals surface area contributed by atoms with Crippen LogP contribution in [-0.2, 0) is 15.6 Å². The van der Waals surface area contributed by atoms with Crippen LogP contribution < -0.4 is 0 Å². The van der Waals surface area contributed by atoms with Gasteiger partial charge in [0.15, 0.2) is 0 Å². The van der Waals surface area contributed by atoms with E-state index in [1.807, 2.05) is 6.07 Å². The molecule has 1 aromatic carbocycles. The summed E-state index contributed by atoms with van der Waals surface area (Å²) >= 11 is 0. The molecular formula is C24H29NO2. The molecular weight excluding hydrogens is 334 g/mol. The maximum atomic E-state index is 11.7. The Hall–Kier alpha value is -2.42. The van der Waals surface area contributed by atoms with Crippen LogP contribution in [-0.4, -0.2) is 18.1 Å². The summed E-state index contributed by atoms with van der Waals surface area (Å²) in [4.78, 5) is 16.2. The van der Waals surface area contributed by atoms with Gasteiger partial charge in [-0.2, -0.15) is 0 Å². The molecule has 1 aliphatic carbocycles. The van der Waals surface area contributed by atoms with Gasteiger partial charge in [-0.1, -0.05) is 52.0 Å². The third-order valence-electron chi connectivity index (χ3n) is 5.88. The molecule has 0 saturated carbocycles. The summed E-state index contributed by atoms with van der Waals surface area (Å²) < 4.78 is 4.76. The molecule has 0 atom stereocenters. The first-order valence-electron chi connectivity index (χ1n) is 9.46. The van der Waals surface area contributed by atoms with E-state index >= 15 is 0 Å². The first kappa shape index (κ1) is 19.3. The summed E-state index contributed by atoms with van der Waals surface area (Å²) in [6.45, 7) is 15.8. The van der Waals surface area contributed by atoms with Gasteiger partial charge in [0.1, 0.15) is 0 Å². The first-order valence-corrected chi connectivity index (χ1v) is 9.46. The molecule has 0 N–H and O–H groups in total. The minimum absolute atomic E-state index is 0.0861. The minimum atomic E-state index is -0.379. The Balaban J connectivity index is 2.13. The fourth-order valence-electron chi connectivity index (χ4n) is 4.12. The monoisotopic (exact) mass is 363 g/mol. The zero-order chi connectivity index (χ0) is 20.0. The standard InChI is InChI=1S/C24H29NO2/c1-15-12-18(16(2)20-9-8-17(14-25-20)22(26)27-7)21-19(13-15)23(3,4)10-11-24(21,5)6/h8-9,12-14H,2,10-11H2,1,3-7H3. The Morgan fingerprint density at radius 2 is 1.78 bits per heavy atom. The van der Waals surface area contributed by atoms with Crippen molar-refractivity contribution in [3.05, 3.63) is 70.6 Å². The van der Waals surface area contributed by atoms with Gasteiger partial charge in [0.05, 0.1) is 18.4 Å². The average Bonchev–Trinajstić information content (AvgIpc) is 2.63. The van der Waals surface area contributed by atoms with E-state index in [1.165, 1.54) is 35.8 Å². The van der Waals surface area contributed by atoms with Crippen molar-refractivity contribution in [1.82, 2.24) is 4.98 Å². The van der Waals surface area contributed by atoms with Crippen LogP contribution in [0.3, 0.4) is 0 Å². The first-order chi connectivity index (χ1) is 12.6. The number of rotatable bonds is 3. The lowest BCUT2D eigenvalue weighted by molar-refractivity contribution is 0.0600. The Bertz CT molecular complexity index is 905.